The van der Waals surface area contributed by atoms with Crippen LogP contribution in [-0.2, 0) is 4.79 Å². The Bertz CT molecular complexity index is 373. The van der Waals surface area contributed by atoms with Crippen molar-refractivity contribution in [3.63, 3.8) is 0 Å². The number of rotatable bonds is 6. The van der Waals surface area contributed by atoms with Gasteiger partial charge in [-0.25, -0.2) is 0 Å². The summed E-state index contributed by atoms with van der Waals surface area (Å²) in [5, 5.41) is 2.79. The summed E-state index contributed by atoms with van der Waals surface area (Å²) in [6, 6.07) is 9.75. The number of carbonyl (C=O) groups excluding carboxylic acids is 1. The van der Waals surface area contributed by atoms with Crippen molar-refractivity contribution >= 4 is 5.91 Å². The van der Waals surface area contributed by atoms with Crippen LogP contribution in [0.3, 0.4) is 0 Å². The molecule has 0 aromatic heterocycles. The summed E-state index contributed by atoms with van der Waals surface area (Å²) in [4.78, 5) is 11.5. The highest BCUT2D eigenvalue weighted by Gasteiger charge is 2.08. The lowest BCUT2D eigenvalue weighted by Gasteiger charge is -2.11. The van der Waals surface area contributed by atoms with Gasteiger partial charge in [-0.15, -0.1) is 0 Å². The fourth-order valence-electron chi connectivity index (χ4n) is 1.49. The van der Waals surface area contributed by atoms with Gasteiger partial charge in [-0.2, -0.15) is 0 Å². The molecule has 0 fully saturated rings. The maximum absolute atomic E-state index is 11.5. The fourth-order valence-corrected chi connectivity index (χ4v) is 1.49. The third-order valence-electron chi connectivity index (χ3n) is 2.50. The van der Waals surface area contributed by atoms with Crippen LogP contribution in [0.4, 0.5) is 0 Å². The van der Waals surface area contributed by atoms with Gasteiger partial charge in [0.2, 0.25) is 5.91 Å². The zero-order valence-corrected chi connectivity index (χ0v) is 10.3. The van der Waals surface area contributed by atoms with E-state index in [9.17, 15) is 4.79 Å². The second-order valence-electron chi connectivity index (χ2n) is 4.29. The lowest BCUT2D eigenvalue weighted by atomic mass is 10.0. The van der Waals surface area contributed by atoms with E-state index < -0.39 is 0 Å². The molecule has 0 aliphatic rings. The largest absolute Gasteiger partial charge is 0.352 e. The highest BCUT2D eigenvalue weighted by Crippen LogP contribution is 2.14. The van der Waals surface area contributed by atoms with Crippen molar-refractivity contribution in [1.29, 1.82) is 0 Å². The minimum absolute atomic E-state index is 0.0272. The Kier molecular flexibility index (Phi) is 5.43. The van der Waals surface area contributed by atoms with Crippen LogP contribution in [0.5, 0.6) is 0 Å². The van der Waals surface area contributed by atoms with E-state index in [4.69, 9.17) is 5.73 Å². The normalized spacial score (nSPS) is 11.9. The van der Waals surface area contributed by atoms with Crippen molar-refractivity contribution in [3.8, 4) is 0 Å². The first-order valence-electron chi connectivity index (χ1n) is 5.81. The Balaban J connectivity index is 2.31. The predicted molar refractivity (Wildman–Crippen MR) is 70.4 cm³/mol. The number of amides is 1. The summed E-state index contributed by atoms with van der Waals surface area (Å²) in [5.41, 5.74) is 8.02. The summed E-state index contributed by atoms with van der Waals surface area (Å²) < 4.78 is 0. The molecule has 1 aromatic carbocycles. The standard InChI is InChI=1S/C14H20N2O/c1-11(2)10-16-14(17)9-8-13(15)12-6-4-3-5-7-12/h3-7,13H,1,8-10,15H2,2H3,(H,16,17). The molecule has 17 heavy (non-hydrogen) atoms. The Morgan fingerprint density at radius 2 is 2.06 bits per heavy atom. The first kappa shape index (κ1) is 13.5. The second kappa shape index (κ2) is 6.86. The molecule has 1 atom stereocenters. The topological polar surface area (TPSA) is 55.1 Å². The van der Waals surface area contributed by atoms with Crippen LogP contribution in [0, 0.1) is 0 Å². The zero-order chi connectivity index (χ0) is 12.7. The molecule has 0 spiro atoms. The molecule has 92 valence electrons. The monoisotopic (exact) mass is 232 g/mol. The summed E-state index contributed by atoms with van der Waals surface area (Å²) in [7, 11) is 0. The highest BCUT2D eigenvalue weighted by atomic mass is 16.1. The summed E-state index contributed by atoms with van der Waals surface area (Å²) in [6.45, 7) is 6.16. The smallest absolute Gasteiger partial charge is 0.220 e. The Labute approximate surface area is 103 Å². The first-order chi connectivity index (χ1) is 8.09. The summed E-state index contributed by atoms with van der Waals surface area (Å²) >= 11 is 0. The summed E-state index contributed by atoms with van der Waals surface area (Å²) in [5.74, 6) is 0.0272. The van der Waals surface area contributed by atoms with Crippen molar-refractivity contribution in [2.24, 2.45) is 5.73 Å². The molecule has 1 aromatic rings. The molecule has 0 aliphatic carbocycles. The van der Waals surface area contributed by atoms with Crippen LogP contribution >= 0.6 is 0 Å². The van der Waals surface area contributed by atoms with E-state index in [-0.39, 0.29) is 11.9 Å². The van der Waals surface area contributed by atoms with Crippen LogP contribution in [0.25, 0.3) is 0 Å². The number of hydrogen-bond donors (Lipinski definition) is 2. The number of benzene rings is 1. The fraction of sp³-hybridized carbons (Fsp3) is 0.357. The van der Waals surface area contributed by atoms with Crippen molar-refractivity contribution < 1.29 is 4.79 Å². The highest BCUT2D eigenvalue weighted by molar-refractivity contribution is 5.76. The molecule has 1 unspecified atom stereocenters. The molecule has 3 nitrogen and oxygen atoms in total. The van der Waals surface area contributed by atoms with Gasteiger partial charge in [0.25, 0.3) is 0 Å². The lowest BCUT2D eigenvalue weighted by Crippen LogP contribution is -2.25. The minimum Gasteiger partial charge on any atom is -0.352 e. The van der Waals surface area contributed by atoms with Gasteiger partial charge in [-0.05, 0) is 18.9 Å². The molecule has 0 heterocycles. The molecule has 3 N–H and O–H groups in total. The van der Waals surface area contributed by atoms with Crippen LogP contribution in [0.2, 0.25) is 0 Å². The number of hydrogen-bond acceptors (Lipinski definition) is 2. The van der Waals surface area contributed by atoms with E-state index in [1.54, 1.807) is 0 Å². The van der Waals surface area contributed by atoms with E-state index in [0.717, 1.165) is 11.1 Å². The summed E-state index contributed by atoms with van der Waals surface area (Å²) in [6.07, 6.45) is 1.11. The molecule has 3 heteroatoms. The number of nitrogens with one attached hydrogen (secondary N) is 1. The van der Waals surface area contributed by atoms with Gasteiger partial charge >= 0.3 is 0 Å². The van der Waals surface area contributed by atoms with E-state index in [0.29, 0.717) is 19.4 Å². The third-order valence-corrected chi connectivity index (χ3v) is 2.50. The lowest BCUT2D eigenvalue weighted by molar-refractivity contribution is -0.121. The van der Waals surface area contributed by atoms with Crippen LogP contribution in [0.15, 0.2) is 42.5 Å². The molecule has 0 aliphatic heterocycles. The average molecular weight is 232 g/mol. The molecule has 1 rings (SSSR count). The number of carbonyl (C=O) groups is 1. The minimum atomic E-state index is -0.0771. The Morgan fingerprint density at radius 3 is 2.65 bits per heavy atom. The van der Waals surface area contributed by atoms with Gasteiger partial charge < -0.3 is 11.1 Å². The van der Waals surface area contributed by atoms with Crippen LogP contribution in [-0.4, -0.2) is 12.5 Å². The van der Waals surface area contributed by atoms with E-state index in [1.165, 1.54) is 0 Å². The molecule has 1 amide bonds. The molecule has 0 saturated carbocycles. The van der Waals surface area contributed by atoms with Crippen LogP contribution < -0.4 is 11.1 Å². The van der Waals surface area contributed by atoms with Crippen molar-refractivity contribution in [2.75, 3.05) is 6.54 Å². The SMILES string of the molecule is C=C(C)CNC(=O)CCC(N)c1ccccc1. The van der Waals surface area contributed by atoms with Gasteiger partial charge in [0.1, 0.15) is 0 Å². The van der Waals surface area contributed by atoms with Crippen molar-refractivity contribution in [1.82, 2.24) is 5.32 Å². The van der Waals surface area contributed by atoms with Gasteiger partial charge in [0.05, 0.1) is 0 Å². The Hall–Kier alpha value is -1.61. The van der Waals surface area contributed by atoms with Crippen molar-refractivity contribution in [3.05, 3.63) is 48.0 Å². The quantitative estimate of drug-likeness (QED) is 0.738. The number of nitrogens with two attached hydrogens (primary N) is 1. The van der Waals surface area contributed by atoms with E-state index in [1.807, 2.05) is 37.3 Å². The van der Waals surface area contributed by atoms with E-state index >= 15 is 0 Å². The van der Waals surface area contributed by atoms with Gasteiger partial charge in [0, 0.05) is 19.0 Å². The van der Waals surface area contributed by atoms with Gasteiger partial charge in [0.15, 0.2) is 0 Å². The molecular weight excluding hydrogens is 212 g/mol. The second-order valence-corrected chi connectivity index (χ2v) is 4.29. The molecular formula is C14H20N2O. The average Bonchev–Trinajstić information content (AvgIpc) is 2.34. The molecule has 0 bridgehead atoms. The molecule has 0 saturated heterocycles. The maximum Gasteiger partial charge on any atom is 0.220 e. The zero-order valence-electron chi connectivity index (χ0n) is 10.3. The van der Waals surface area contributed by atoms with Gasteiger partial charge in [-0.1, -0.05) is 42.5 Å². The van der Waals surface area contributed by atoms with Crippen LogP contribution in [0.1, 0.15) is 31.4 Å². The maximum atomic E-state index is 11.5. The van der Waals surface area contributed by atoms with Crippen molar-refractivity contribution in [2.45, 2.75) is 25.8 Å². The predicted octanol–water partition coefficient (Wildman–Crippen LogP) is 2.16. The first-order valence-corrected chi connectivity index (χ1v) is 5.81. The van der Waals surface area contributed by atoms with Gasteiger partial charge in [-0.3, -0.25) is 4.79 Å². The molecule has 0 radical (unpaired) electrons. The third kappa shape index (κ3) is 5.31. The Morgan fingerprint density at radius 1 is 1.41 bits per heavy atom. The van der Waals surface area contributed by atoms with E-state index in [2.05, 4.69) is 11.9 Å².